The van der Waals surface area contributed by atoms with Crippen molar-refractivity contribution >= 4 is 97.6 Å². The molecule has 4 aromatic rings. The molecule has 29 heteroatoms. The number of allylic oxidation sites excluding steroid dienone is 1. The number of phosphoric acid groups is 2. The molecule has 0 radical (unpaired) electrons. The van der Waals surface area contributed by atoms with Crippen LogP contribution in [0.5, 0.6) is 0 Å². The van der Waals surface area contributed by atoms with E-state index < -0.39 is 71.6 Å². The first kappa shape index (κ1) is 64.9. The predicted molar refractivity (Wildman–Crippen MR) is 307 cm³/mol. The molecule has 1 aliphatic carbocycles. The molecule has 1 aromatic heterocycles. The minimum Gasteiger partial charge on any atom is -0.776 e. The maximum atomic E-state index is 13.6. The van der Waals surface area contributed by atoms with Gasteiger partial charge in [0, 0.05) is 135 Å². The number of rotatable bonds is 24. The average Bonchev–Trinajstić information content (AvgIpc) is 1.48. The van der Waals surface area contributed by atoms with Gasteiger partial charge < -0.3 is 62.9 Å². The van der Waals surface area contributed by atoms with Gasteiger partial charge in [-0.05, 0) is 54.8 Å². The molecule has 3 aromatic carbocycles. The summed E-state index contributed by atoms with van der Waals surface area (Å²) < 4.78 is 57.5. The van der Waals surface area contributed by atoms with Crippen LogP contribution in [0.1, 0.15) is 84.6 Å². The SMILES string of the molecule is CCN(Cc1cn(CC(=O)NCCCC(=O)c2ccc(-c3c4ccc(=[N+](C)C)cc-4oc4cc(N(C)C)ccc34)c(C(=O)[O-])c2)c2ccccc12)C(=O)CCC(=O)CCC#CC1=CN(C2CC(=O)C(P(=O)([O-])OP(=O)([O-])OP(=O)(O)O)O2)C(=O)CC1=O. The maximum Gasteiger partial charge on any atom is 0.476 e. The fraction of sp³-hybridized carbons (Fsp3) is 0.328. The Morgan fingerprint density at radius 1 is 0.885 bits per heavy atom. The largest absolute Gasteiger partial charge is 0.776 e. The van der Waals surface area contributed by atoms with Gasteiger partial charge in [-0.3, -0.25) is 47.3 Å². The lowest BCUT2D eigenvalue weighted by molar-refractivity contribution is -0.255. The molecule has 4 heterocycles. The summed E-state index contributed by atoms with van der Waals surface area (Å²) in [5.41, 5.74) is 4.24. The zero-order valence-corrected chi connectivity index (χ0v) is 50.3. The number of amides is 3. The fourth-order valence-corrected chi connectivity index (χ4v) is 13.6. The highest BCUT2D eigenvalue weighted by atomic mass is 31.3. The van der Waals surface area contributed by atoms with Crippen molar-refractivity contribution in [3.8, 4) is 34.3 Å². The Labute approximate surface area is 497 Å². The number of hydrogen-bond donors (Lipinski definition) is 3. The molecule has 0 bridgehead atoms. The summed E-state index contributed by atoms with van der Waals surface area (Å²) in [6.45, 7) is 2.27. The number of nitrogens with one attached hydrogen (secondary N) is 1. The van der Waals surface area contributed by atoms with Gasteiger partial charge in [0.1, 0.15) is 44.0 Å². The van der Waals surface area contributed by atoms with Crippen molar-refractivity contribution in [1.29, 1.82) is 0 Å². The number of ether oxygens (including phenoxy) is 1. The Balaban J connectivity index is 0.826. The van der Waals surface area contributed by atoms with E-state index in [0.717, 1.165) is 33.7 Å². The molecule has 0 spiro atoms. The van der Waals surface area contributed by atoms with Crippen molar-refractivity contribution in [2.75, 3.05) is 46.2 Å². The smallest absolute Gasteiger partial charge is 0.476 e. The number of carbonyl (C=O) groups excluding carboxylic acids is 8. The van der Waals surface area contributed by atoms with Gasteiger partial charge in [-0.1, -0.05) is 42.2 Å². The Hall–Kier alpha value is -8.04. The van der Waals surface area contributed by atoms with Gasteiger partial charge in [0.25, 0.3) is 7.82 Å². The van der Waals surface area contributed by atoms with Crippen LogP contribution in [-0.4, -0.2) is 124 Å². The number of anilines is 1. The first-order valence-corrected chi connectivity index (χ1v) is 31.7. The van der Waals surface area contributed by atoms with E-state index in [2.05, 4.69) is 25.8 Å². The number of carboxylic acid groups (broad SMARTS) is 1. The van der Waals surface area contributed by atoms with Crippen LogP contribution in [0.2, 0.25) is 0 Å². The first-order valence-electron chi connectivity index (χ1n) is 27.1. The van der Waals surface area contributed by atoms with E-state index in [9.17, 15) is 66.9 Å². The lowest BCUT2D eigenvalue weighted by Crippen LogP contribution is -2.41. The Morgan fingerprint density at radius 2 is 1.62 bits per heavy atom. The molecule has 26 nitrogen and oxygen atoms in total. The van der Waals surface area contributed by atoms with E-state index in [0.29, 0.717) is 38.3 Å². The molecule has 3 amide bonds. The van der Waals surface area contributed by atoms with Crippen molar-refractivity contribution in [2.45, 2.75) is 83.5 Å². The van der Waals surface area contributed by atoms with E-state index in [1.807, 2.05) is 98.3 Å². The highest BCUT2D eigenvalue weighted by Crippen LogP contribution is 2.64. The Kier molecular flexibility index (Phi) is 20.1. The normalized spacial score (nSPS) is 16.7. The second-order valence-corrected chi connectivity index (χ2v) is 25.5. The molecule has 8 rings (SSSR count). The highest BCUT2D eigenvalue weighted by molar-refractivity contribution is 7.67. The number of carbonyl (C=O) groups is 8. The van der Waals surface area contributed by atoms with Crippen LogP contribution in [0.3, 0.4) is 0 Å². The minimum absolute atomic E-state index is 0.00215. The lowest BCUT2D eigenvalue weighted by atomic mass is 9.89. The molecule has 1 saturated heterocycles. The van der Waals surface area contributed by atoms with Crippen LogP contribution >= 0.6 is 23.2 Å². The van der Waals surface area contributed by atoms with Crippen molar-refractivity contribution in [1.82, 2.24) is 24.3 Å². The quantitative estimate of drug-likeness (QED) is 0.0149. The number of aromatic carboxylic acids is 1. The van der Waals surface area contributed by atoms with Crippen molar-refractivity contribution in [3.05, 3.63) is 119 Å². The van der Waals surface area contributed by atoms with E-state index >= 15 is 0 Å². The Bertz CT molecular complexity index is 4090. The van der Waals surface area contributed by atoms with Gasteiger partial charge in [0.05, 0.1) is 30.5 Å². The Morgan fingerprint density at radius 3 is 2.32 bits per heavy atom. The number of hydrogen-bond acceptors (Lipinski definition) is 19. The molecule has 458 valence electrons. The summed E-state index contributed by atoms with van der Waals surface area (Å²) in [6, 6.07) is 23.2. The third-order valence-corrected chi connectivity index (χ3v) is 18.6. The summed E-state index contributed by atoms with van der Waals surface area (Å²) >= 11 is 0. The monoisotopic (exact) mass is 1250 g/mol. The summed E-state index contributed by atoms with van der Waals surface area (Å²) in [5.74, 6) is -2.72. The molecule has 3 N–H and O–H groups in total. The van der Waals surface area contributed by atoms with Crippen molar-refractivity contribution in [2.24, 2.45) is 0 Å². The van der Waals surface area contributed by atoms with Crippen LogP contribution in [0.25, 0.3) is 44.3 Å². The van der Waals surface area contributed by atoms with Gasteiger partial charge in [-0.2, -0.15) is 0 Å². The number of fused-ring (bicyclic) bond motifs is 3. The number of benzene rings is 4. The topological polar surface area (TPSA) is 368 Å². The molecule has 3 aliphatic heterocycles. The van der Waals surface area contributed by atoms with Crippen molar-refractivity contribution in [3.63, 3.8) is 0 Å². The minimum atomic E-state index is -6.23. The summed E-state index contributed by atoms with van der Waals surface area (Å²) in [6.07, 6.45) is -0.890. The number of aromatic nitrogens is 1. The molecular weight excluding hydrogens is 1190 g/mol. The van der Waals surface area contributed by atoms with E-state index in [1.165, 1.54) is 6.07 Å². The van der Waals surface area contributed by atoms with Crippen molar-refractivity contribution < 1.29 is 94.5 Å². The van der Waals surface area contributed by atoms with Gasteiger partial charge >= 0.3 is 7.82 Å². The molecule has 4 aliphatic rings. The third kappa shape index (κ3) is 15.8. The van der Waals surface area contributed by atoms with Crippen LogP contribution in [-0.2, 0) is 68.9 Å². The number of para-hydroxylation sites is 1. The summed E-state index contributed by atoms with van der Waals surface area (Å²) in [7, 11) is -10.4. The van der Waals surface area contributed by atoms with Crippen LogP contribution in [0.15, 0.2) is 101 Å². The van der Waals surface area contributed by atoms with Gasteiger partial charge in [0.2, 0.25) is 23.1 Å². The zero-order chi connectivity index (χ0) is 63.3. The number of carboxylic acids is 1. The standard InChI is InChI=1S/C58H61N6O20P3/c1-6-62(53(70)24-20-40(65)13-8-7-12-36-33-64(54(71)29-48(36)67)55-30-49(68)58(82-55)85(74,75)83-87(79,80)84-86(76,77)78)31-37-32-63(46-15-10-9-14-41(37)46)34-52(69)59-25-11-16-47(66)35-17-21-42(45(26-35)57(72)73)56-43-22-18-38(60(2)3)27-50(43)81-51-28-39(61(4)5)19-23-44(51)56/h9-10,14-15,17-19,21-23,26-28,32-33,55,58H,6,8,11,13,16,20,24-25,29-31,34H2,1-5H3,(H5-,59,69,72,73,74,75,76,77,78,79,80)/p-2. The van der Waals surface area contributed by atoms with E-state index in [-0.39, 0.29) is 105 Å². The lowest BCUT2D eigenvalue weighted by Gasteiger charge is -2.34. The third-order valence-electron chi connectivity index (χ3n) is 14.2. The fourth-order valence-electron chi connectivity index (χ4n) is 9.94. The molecule has 0 saturated carbocycles. The second-order valence-electron chi connectivity index (χ2n) is 20.8. The van der Waals surface area contributed by atoms with Gasteiger partial charge in [-0.25, -0.2) is 13.5 Å². The maximum absolute atomic E-state index is 13.6. The van der Waals surface area contributed by atoms with Crippen LogP contribution in [0, 0.1) is 11.8 Å². The highest BCUT2D eigenvalue weighted by Gasteiger charge is 2.47. The van der Waals surface area contributed by atoms with Crippen LogP contribution in [0.4, 0.5) is 5.69 Å². The molecule has 4 unspecified atom stereocenters. The van der Waals surface area contributed by atoms with Gasteiger partial charge in [-0.15, -0.1) is 0 Å². The predicted octanol–water partition coefficient (Wildman–Crippen LogP) is 3.36. The number of ketones is 4. The number of nitrogens with zero attached hydrogens (tertiary/aromatic N) is 5. The average molecular weight is 1250 g/mol. The van der Waals surface area contributed by atoms with E-state index in [4.69, 9.17) is 18.9 Å². The molecule has 4 atom stereocenters. The summed E-state index contributed by atoms with van der Waals surface area (Å²) in [5, 5.41) is 18.0. The van der Waals surface area contributed by atoms with Crippen LogP contribution < -0.4 is 35.0 Å². The molecular formula is C58H59N6O20P3-2. The van der Waals surface area contributed by atoms with E-state index in [1.54, 1.807) is 34.7 Å². The molecule has 87 heavy (non-hydrogen) atoms. The zero-order valence-electron chi connectivity index (χ0n) is 47.6. The second kappa shape index (κ2) is 26.9. The first-order chi connectivity index (χ1) is 41.0. The summed E-state index contributed by atoms with van der Waals surface area (Å²) in [4.78, 5) is 150. The number of Topliss-reactive ketones (excluding diaryl/α,β-unsaturated/α-hetero) is 4. The molecule has 1 fully saturated rings. The van der Waals surface area contributed by atoms with Gasteiger partial charge in [0.15, 0.2) is 30.8 Å².